The van der Waals surface area contributed by atoms with Crippen molar-refractivity contribution in [3.05, 3.63) is 51.8 Å². The van der Waals surface area contributed by atoms with E-state index in [1.165, 1.54) is 12.4 Å². The first-order valence-corrected chi connectivity index (χ1v) is 8.92. The van der Waals surface area contributed by atoms with Gasteiger partial charge in [0.2, 0.25) is 17.8 Å². The third-order valence-corrected chi connectivity index (χ3v) is 5.20. The Hall–Kier alpha value is -3.12. The van der Waals surface area contributed by atoms with Crippen molar-refractivity contribution in [3.63, 3.8) is 0 Å². The van der Waals surface area contributed by atoms with Gasteiger partial charge in [-0.05, 0) is 36.6 Å². The number of imide groups is 1. The van der Waals surface area contributed by atoms with Crippen LogP contribution in [0.25, 0.3) is 0 Å². The van der Waals surface area contributed by atoms with E-state index in [0.717, 1.165) is 14.9 Å². The first kappa shape index (κ1) is 17.3. The molecule has 1 aromatic heterocycles. The fourth-order valence-corrected chi connectivity index (χ4v) is 3.58. The molecule has 0 bridgehead atoms. The van der Waals surface area contributed by atoms with Crippen LogP contribution in [0.4, 0.5) is 5.95 Å². The van der Waals surface area contributed by atoms with E-state index in [-0.39, 0.29) is 17.4 Å². The third kappa shape index (κ3) is 2.88. The van der Waals surface area contributed by atoms with E-state index >= 15 is 0 Å². The Kier molecular flexibility index (Phi) is 4.00. The zero-order valence-electron chi connectivity index (χ0n) is 13.9. The number of amides is 3. The van der Waals surface area contributed by atoms with Crippen molar-refractivity contribution in [2.45, 2.75) is 18.3 Å². The molecule has 0 saturated heterocycles. The first-order valence-electron chi connectivity index (χ1n) is 8.13. The number of carbonyl (C=O) groups excluding carboxylic acids is 3. The van der Waals surface area contributed by atoms with Crippen LogP contribution in [-0.4, -0.2) is 39.1 Å². The molecule has 2 aliphatic rings. The average molecular weight is 426 g/mol. The normalized spacial score (nSPS) is 16.7. The molecule has 1 N–H and O–H groups in total. The van der Waals surface area contributed by atoms with Crippen molar-refractivity contribution >= 4 is 39.6 Å². The summed E-state index contributed by atoms with van der Waals surface area (Å²) in [5.74, 6) is -1.43. The number of rotatable bonds is 3. The highest BCUT2D eigenvalue weighted by molar-refractivity contribution is 9.10. The van der Waals surface area contributed by atoms with Gasteiger partial charge < -0.3 is 0 Å². The van der Waals surface area contributed by atoms with Crippen LogP contribution in [0, 0.1) is 11.3 Å². The van der Waals surface area contributed by atoms with Crippen molar-refractivity contribution in [1.82, 2.24) is 14.9 Å². The molecule has 1 saturated carbocycles. The Morgan fingerprint density at radius 1 is 1.30 bits per heavy atom. The Labute approximate surface area is 162 Å². The predicted molar refractivity (Wildman–Crippen MR) is 96.5 cm³/mol. The van der Waals surface area contributed by atoms with Crippen LogP contribution in [0.2, 0.25) is 0 Å². The van der Waals surface area contributed by atoms with Crippen LogP contribution in [0.1, 0.15) is 34.3 Å². The topological polar surface area (TPSA) is 116 Å². The largest absolute Gasteiger partial charge is 0.293 e. The molecule has 0 radical (unpaired) electrons. The number of benzene rings is 1. The summed E-state index contributed by atoms with van der Waals surface area (Å²) in [6.07, 6.45) is 3.85. The zero-order valence-corrected chi connectivity index (χ0v) is 15.5. The maximum Gasteiger partial charge on any atom is 0.261 e. The van der Waals surface area contributed by atoms with Crippen LogP contribution < -0.4 is 5.32 Å². The van der Waals surface area contributed by atoms with Crippen molar-refractivity contribution in [2.75, 3.05) is 11.9 Å². The molecule has 3 amide bonds. The lowest BCUT2D eigenvalue weighted by Gasteiger charge is -2.32. The lowest BCUT2D eigenvalue weighted by molar-refractivity contribution is -0.134. The van der Waals surface area contributed by atoms with E-state index < -0.39 is 23.8 Å². The molecule has 0 atom stereocenters. The minimum atomic E-state index is -0.710. The quantitative estimate of drug-likeness (QED) is 0.748. The van der Waals surface area contributed by atoms with Crippen LogP contribution in [0.15, 0.2) is 35.1 Å². The lowest BCUT2D eigenvalue weighted by Crippen LogP contribution is -2.51. The molecule has 0 unspecified atom stereocenters. The number of nitriles is 1. The van der Waals surface area contributed by atoms with Crippen molar-refractivity contribution in [1.29, 1.82) is 5.26 Å². The molecule has 1 spiro atoms. The smallest absolute Gasteiger partial charge is 0.261 e. The standard InChI is InChI=1S/C18H12BrN5O3/c19-11-1-2-12-13(5-11)18(3-4-18)16(27)24(15(12)26)9-14(25)23-17-21-7-10(6-20)8-22-17/h1-2,5,7-8H,3-4,9H2,(H,21,22,23,25). The van der Waals surface area contributed by atoms with Gasteiger partial charge in [-0.2, -0.15) is 5.26 Å². The van der Waals surface area contributed by atoms with Crippen LogP contribution in [0.3, 0.4) is 0 Å². The Morgan fingerprint density at radius 3 is 2.63 bits per heavy atom. The highest BCUT2D eigenvalue weighted by Gasteiger charge is 2.58. The second-order valence-electron chi connectivity index (χ2n) is 6.42. The van der Waals surface area contributed by atoms with Gasteiger partial charge in [0.25, 0.3) is 5.91 Å². The molecule has 27 heavy (non-hydrogen) atoms. The number of aromatic nitrogens is 2. The number of hydrogen-bond acceptors (Lipinski definition) is 6. The Bertz CT molecular complexity index is 1020. The summed E-state index contributed by atoms with van der Waals surface area (Å²) < 4.78 is 0.803. The maximum atomic E-state index is 12.9. The fraction of sp³-hybridized carbons (Fsp3) is 0.222. The van der Waals surface area contributed by atoms with E-state index in [2.05, 4.69) is 31.2 Å². The number of carbonyl (C=O) groups is 3. The summed E-state index contributed by atoms with van der Waals surface area (Å²) in [5.41, 5.74) is 0.711. The predicted octanol–water partition coefficient (Wildman–Crippen LogP) is 1.76. The molecule has 4 rings (SSSR count). The fourth-order valence-electron chi connectivity index (χ4n) is 3.22. The van der Waals surface area contributed by atoms with E-state index in [0.29, 0.717) is 18.4 Å². The summed E-state index contributed by atoms with van der Waals surface area (Å²) in [6.45, 7) is -0.418. The molecule has 1 aliphatic carbocycles. The maximum absolute atomic E-state index is 12.9. The highest BCUT2D eigenvalue weighted by Crippen LogP contribution is 2.53. The van der Waals surface area contributed by atoms with E-state index in [1.807, 2.05) is 6.07 Å². The van der Waals surface area contributed by atoms with Crippen LogP contribution >= 0.6 is 15.9 Å². The third-order valence-electron chi connectivity index (χ3n) is 4.71. The van der Waals surface area contributed by atoms with Gasteiger partial charge in [-0.15, -0.1) is 0 Å². The van der Waals surface area contributed by atoms with Gasteiger partial charge in [0.15, 0.2) is 0 Å². The number of halogens is 1. The molecule has 2 aromatic rings. The van der Waals surface area contributed by atoms with Gasteiger partial charge >= 0.3 is 0 Å². The second kappa shape index (κ2) is 6.25. The van der Waals surface area contributed by atoms with Gasteiger partial charge in [0, 0.05) is 10.0 Å². The van der Waals surface area contributed by atoms with E-state index in [9.17, 15) is 14.4 Å². The van der Waals surface area contributed by atoms with Crippen molar-refractivity contribution < 1.29 is 14.4 Å². The monoisotopic (exact) mass is 425 g/mol. The minimum absolute atomic E-state index is 0.00127. The molecule has 8 nitrogen and oxygen atoms in total. The van der Waals surface area contributed by atoms with Crippen molar-refractivity contribution in [3.8, 4) is 6.07 Å². The first-order chi connectivity index (χ1) is 12.9. The van der Waals surface area contributed by atoms with Gasteiger partial charge in [0.05, 0.1) is 23.4 Å². The number of nitrogens with zero attached hydrogens (tertiary/aromatic N) is 4. The zero-order chi connectivity index (χ0) is 19.2. The van der Waals surface area contributed by atoms with Gasteiger partial charge in [-0.1, -0.05) is 15.9 Å². The lowest BCUT2D eigenvalue weighted by atomic mass is 9.85. The summed E-state index contributed by atoms with van der Waals surface area (Å²) >= 11 is 3.38. The van der Waals surface area contributed by atoms with Crippen LogP contribution in [0.5, 0.6) is 0 Å². The van der Waals surface area contributed by atoms with Gasteiger partial charge in [0.1, 0.15) is 12.6 Å². The Balaban J connectivity index is 1.56. The molecule has 134 valence electrons. The van der Waals surface area contributed by atoms with E-state index in [1.54, 1.807) is 18.2 Å². The molecule has 2 heterocycles. The molecule has 1 fully saturated rings. The minimum Gasteiger partial charge on any atom is -0.293 e. The summed E-state index contributed by atoms with van der Waals surface area (Å²) in [4.78, 5) is 46.7. The molecular formula is C18H12BrN5O3. The number of hydrogen-bond donors (Lipinski definition) is 1. The Morgan fingerprint density at radius 2 is 2.00 bits per heavy atom. The van der Waals surface area contributed by atoms with Crippen molar-refractivity contribution in [2.24, 2.45) is 0 Å². The summed E-state index contributed by atoms with van der Waals surface area (Å²) in [5, 5.41) is 11.2. The van der Waals surface area contributed by atoms with Gasteiger partial charge in [-0.25, -0.2) is 9.97 Å². The van der Waals surface area contributed by atoms with Crippen LogP contribution in [-0.2, 0) is 15.0 Å². The summed E-state index contributed by atoms with van der Waals surface area (Å²) in [6, 6.07) is 7.09. The number of anilines is 1. The molecular weight excluding hydrogens is 414 g/mol. The second-order valence-corrected chi connectivity index (χ2v) is 7.34. The average Bonchev–Trinajstić information content (AvgIpc) is 3.46. The molecule has 1 aromatic carbocycles. The van der Waals surface area contributed by atoms with E-state index in [4.69, 9.17) is 5.26 Å². The highest BCUT2D eigenvalue weighted by atomic mass is 79.9. The summed E-state index contributed by atoms with van der Waals surface area (Å²) in [7, 11) is 0. The SMILES string of the molecule is N#Cc1cnc(NC(=O)CN2C(=O)c3ccc(Br)cc3C3(CC3)C2=O)nc1. The number of fused-ring (bicyclic) bond motifs is 2. The molecule has 1 aliphatic heterocycles. The number of nitrogens with one attached hydrogen (secondary N) is 1. The molecule has 9 heteroatoms. The van der Waals surface area contributed by atoms with Gasteiger partial charge in [-0.3, -0.25) is 24.6 Å².